The van der Waals surface area contributed by atoms with Crippen LogP contribution in [0.5, 0.6) is 0 Å². The van der Waals surface area contributed by atoms with Crippen molar-refractivity contribution >= 4 is 17.6 Å². The van der Waals surface area contributed by atoms with Gasteiger partial charge in [0.25, 0.3) is 5.91 Å². The van der Waals surface area contributed by atoms with Crippen molar-refractivity contribution in [3.05, 3.63) is 102 Å². The third-order valence-electron chi connectivity index (χ3n) is 5.96. The van der Waals surface area contributed by atoms with Crippen molar-refractivity contribution in [3.8, 4) is 0 Å². The Morgan fingerprint density at radius 2 is 1.55 bits per heavy atom. The molecule has 2 heterocycles. The van der Waals surface area contributed by atoms with Crippen LogP contribution < -0.4 is 5.73 Å². The van der Waals surface area contributed by atoms with Gasteiger partial charge in [-0.3, -0.25) is 19.5 Å². The molecule has 0 atom stereocenters. The number of ketones is 1. The van der Waals surface area contributed by atoms with E-state index in [-0.39, 0.29) is 17.6 Å². The lowest BCUT2D eigenvalue weighted by molar-refractivity contribution is -0.130. The van der Waals surface area contributed by atoms with Gasteiger partial charge in [-0.25, -0.2) is 4.99 Å². The molecule has 0 saturated carbocycles. The van der Waals surface area contributed by atoms with Crippen molar-refractivity contribution < 1.29 is 9.59 Å². The fourth-order valence-electron chi connectivity index (χ4n) is 4.28. The average molecular weight is 441 g/mol. The summed E-state index contributed by atoms with van der Waals surface area (Å²) >= 11 is 0. The molecule has 0 radical (unpaired) electrons. The number of guanidine groups is 1. The van der Waals surface area contributed by atoms with E-state index in [1.54, 1.807) is 17.3 Å². The van der Waals surface area contributed by atoms with Gasteiger partial charge in [0, 0.05) is 31.8 Å². The Labute approximate surface area is 194 Å². The van der Waals surface area contributed by atoms with Gasteiger partial charge in [0.2, 0.25) is 0 Å². The number of hydrogen-bond acceptors (Lipinski definition) is 5. The van der Waals surface area contributed by atoms with E-state index in [2.05, 4.69) is 4.98 Å². The lowest BCUT2D eigenvalue weighted by Gasteiger charge is -2.27. The molecule has 3 aromatic rings. The van der Waals surface area contributed by atoms with Gasteiger partial charge < -0.3 is 5.73 Å². The molecule has 0 spiro atoms. The minimum atomic E-state index is -1.16. The van der Waals surface area contributed by atoms with Crippen LogP contribution in [0.25, 0.3) is 0 Å². The SMILES string of the molecule is NC1=NC(c2ccccc2)(c2ccccc2)C(=O)N1CCCCCC(=O)Cc1cccnc1. The van der Waals surface area contributed by atoms with E-state index in [1.165, 1.54) is 0 Å². The van der Waals surface area contributed by atoms with Crippen LogP contribution in [0.1, 0.15) is 42.4 Å². The highest BCUT2D eigenvalue weighted by molar-refractivity contribution is 6.09. The van der Waals surface area contributed by atoms with Crippen LogP contribution in [-0.2, 0) is 21.5 Å². The molecule has 168 valence electrons. The second-order valence-electron chi connectivity index (χ2n) is 8.26. The maximum absolute atomic E-state index is 13.7. The number of nitrogens with two attached hydrogens (primary N) is 1. The smallest absolute Gasteiger partial charge is 0.266 e. The molecule has 0 fully saturated rings. The van der Waals surface area contributed by atoms with E-state index in [4.69, 9.17) is 10.7 Å². The molecule has 6 heteroatoms. The van der Waals surface area contributed by atoms with Gasteiger partial charge >= 0.3 is 0 Å². The molecular weight excluding hydrogens is 412 g/mol. The fourth-order valence-corrected chi connectivity index (χ4v) is 4.28. The summed E-state index contributed by atoms with van der Waals surface area (Å²) < 4.78 is 0. The minimum Gasteiger partial charge on any atom is -0.369 e. The largest absolute Gasteiger partial charge is 0.369 e. The van der Waals surface area contributed by atoms with E-state index in [0.717, 1.165) is 36.0 Å². The lowest BCUT2D eigenvalue weighted by Crippen LogP contribution is -2.44. The number of rotatable bonds is 10. The number of aliphatic imine (C=N–C) groups is 1. The van der Waals surface area contributed by atoms with E-state index in [9.17, 15) is 9.59 Å². The number of hydrogen-bond donors (Lipinski definition) is 1. The van der Waals surface area contributed by atoms with E-state index in [1.807, 2.05) is 72.8 Å². The minimum absolute atomic E-state index is 0.134. The van der Waals surface area contributed by atoms with Crippen LogP contribution in [0.4, 0.5) is 0 Å². The number of benzene rings is 2. The first-order valence-corrected chi connectivity index (χ1v) is 11.3. The quantitative estimate of drug-likeness (QED) is 0.485. The zero-order chi connectivity index (χ0) is 23.1. The summed E-state index contributed by atoms with van der Waals surface area (Å²) in [5.41, 5.74) is 7.64. The molecule has 1 aromatic heterocycles. The monoisotopic (exact) mass is 440 g/mol. The number of pyridine rings is 1. The van der Waals surface area contributed by atoms with Gasteiger partial charge in [-0.1, -0.05) is 73.2 Å². The summed E-state index contributed by atoms with van der Waals surface area (Å²) in [6.07, 6.45) is 6.72. The average Bonchev–Trinajstić information content (AvgIpc) is 3.11. The molecule has 2 N–H and O–H groups in total. The van der Waals surface area contributed by atoms with Crippen LogP contribution in [0.2, 0.25) is 0 Å². The number of nitrogens with zero attached hydrogens (tertiary/aromatic N) is 3. The molecule has 1 amide bonds. The first-order chi connectivity index (χ1) is 16.1. The summed E-state index contributed by atoms with van der Waals surface area (Å²) in [5, 5.41) is 0. The second-order valence-corrected chi connectivity index (χ2v) is 8.26. The molecule has 0 bridgehead atoms. The first kappa shape index (κ1) is 22.4. The van der Waals surface area contributed by atoms with Crippen LogP contribution in [-0.4, -0.2) is 34.1 Å². The van der Waals surface area contributed by atoms with Gasteiger partial charge in [0.15, 0.2) is 11.5 Å². The summed E-state index contributed by atoms with van der Waals surface area (Å²) in [7, 11) is 0. The topological polar surface area (TPSA) is 88.6 Å². The first-order valence-electron chi connectivity index (χ1n) is 11.3. The highest BCUT2D eigenvalue weighted by Gasteiger charge is 2.50. The highest BCUT2D eigenvalue weighted by atomic mass is 16.2. The predicted molar refractivity (Wildman–Crippen MR) is 128 cm³/mol. The van der Waals surface area contributed by atoms with Crippen molar-refractivity contribution in [2.24, 2.45) is 10.7 Å². The normalized spacial score (nSPS) is 14.8. The molecule has 0 saturated heterocycles. The van der Waals surface area contributed by atoms with E-state index in [0.29, 0.717) is 19.4 Å². The molecule has 4 rings (SSSR count). The van der Waals surface area contributed by atoms with Crippen LogP contribution >= 0.6 is 0 Å². The standard InChI is InChI=1S/C27H28N4O2/c28-26-30-27(22-12-4-1-5-13-22,23-14-6-2-7-15-23)25(33)31(26)18-9-3-8-16-24(32)19-21-11-10-17-29-20-21/h1-2,4-7,10-15,17,20H,3,8-9,16,18-19H2,(H2,28,30). The Hall–Kier alpha value is -3.80. The third-order valence-corrected chi connectivity index (χ3v) is 5.96. The lowest BCUT2D eigenvalue weighted by atomic mass is 9.83. The van der Waals surface area contributed by atoms with Crippen molar-refractivity contribution in [2.45, 2.75) is 37.6 Å². The molecule has 2 aromatic carbocycles. The highest BCUT2D eigenvalue weighted by Crippen LogP contribution is 2.39. The van der Waals surface area contributed by atoms with Crippen molar-refractivity contribution in [1.82, 2.24) is 9.88 Å². The molecule has 6 nitrogen and oxygen atoms in total. The van der Waals surface area contributed by atoms with Gasteiger partial charge in [-0.2, -0.15) is 0 Å². The molecule has 1 aliphatic heterocycles. The number of carbonyl (C=O) groups is 2. The predicted octanol–water partition coefficient (Wildman–Crippen LogP) is 3.85. The Morgan fingerprint density at radius 1 is 0.879 bits per heavy atom. The van der Waals surface area contributed by atoms with Crippen LogP contribution in [0.15, 0.2) is 90.2 Å². The second kappa shape index (κ2) is 10.2. The van der Waals surface area contributed by atoms with Crippen molar-refractivity contribution in [2.75, 3.05) is 6.54 Å². The Morgan fingerprint density at radius 3 is 2.15 bits per heavy atom. The van der Waals surface area contributed by atoms with Crippen LogP contribution in [0.3, 0.4) is 0 Å². The van der Waals surface area contributed by atoms with Gasteiger partial charge in [-0.05, 0) is 35.6 Å². The molecule has 0 aliphatic carbocycles. The molecule has 1 aliphatic rings. The number of aromatic nitrogens is 1. The number of unbranched alkanes of at least 4 members (excludes halogenated alkanes) is 2. The maximum atomic E-state index is 13.7. The number of carbonyl (C=O) groups excluding carboxylic acids is 2. The summed E-state index contributed by atoms with van der Waals surface area (Å²) in [5.74, 6) is 0.305. The summed E-state index contributed by atoms with van der Waals surface area (Å²) in [6, 6.07) is 22.9. The zero-order valence-corrected chi connectivity index (χ0v) is 18.6. The molecular formula is C27H28N4O2. The summed E-state index contributed by atoms with van der Waals surface area (Å²) in [6.45, 7) is 0.479. The maximum Gasteiger partial charge on any atom is 0.266 e. The number of Topliss-reactive ketones (excluding diaryl/α,β-unsaturated/α-hetero) is 1. The molecule has 33 heavy (non-hydrogen) atoms. The Kier molecular flexibility index (Phi) is 6.93. The van der Waals surface area contributed by atoms with Crippen molar-refractivity contribution in [3.63, 3.8) is 0 Å². The van der Waals surface area contributed by atoms with E-state index >= 15 is 0 Å². The van der Waals surface area contributed by atoms with Gasteiger partial charge in [0.1, 0.15) is 5.78 Å². The fraction of sp³-hybridized carbons (Fsp3) is 0.259. The van der Waals surface area contributed by atoms with Crippen molar-refractivity contribution in [1.29, 1.82) is 0 Å². The Balaban J connectivity index is 1.37. The van der Waals surface area contributed by atoms with Gasteiger partial charge in [0.05, 0.1) is 0 Å². The number of amides is 1. The van der Waals surface area contributed by atoms with Gasteiger partial charge in [-0.15, -0.1) is 0 Å². The summed E-state index contributed by atoms with van der Waals surface area (Å²) in [4.78, 5) is 36.2. The molecule has 0 unspecified atom stereocenters. The Bertz CT molecular complexity index is 1080. The van der Waals surface area contributed by atoms with E-state index < -0.39 is 5.54 Å². The van der Waals surface area contributed by atoms with Crippen LogP contribution in [0, 0.1) is 0 Å². The zero-order valence-electron chi connectivity index (χ0n) is 18.6. The third kappa shape index (κ3) is 4.85.